The Labute approximate surface area is 212 Å². The summed E-state index contributed by atoms with van der Waals surface area (Å²) in [5, 5.41) is 1.15. The van der Waals surface area contributed by atoms with Gasteiger partial charge in [-0.1, -0.05) is 12.1 Å². The van der Waals surface area contributed by atoms with Gasteiger partial charge in [0.25, 0.3) is 10.0 Å². The number of hydrogen-bond acceptors (Lipinski definition) is 6. The largest absolute Gasteiger partial charge is 0.496 e. The van der Waals surface area contributed by atoms with E-state index in [0.29, 0.717) is 6.54 Å². The zero-order valence-electron chi connectivity index (χ0n) is 21.0. The highest BCUT2D eigenvalue weighted by Crippen LogP contribution is 2.45. The lowest BCUT2D eigenvalue weighted by Crippen LogP contribution is -2.45. The summed E-state index contributed by atoms with van der Waals surface area (Å²) < 4.78 is 39.0. The maximum absolute atomic E-state index is 12.5. The first kappa shape index (κ1) is 24.8. The number of aryl methyl sites for hydroxylation is 1. The number of H-pyrrole nitrogens is 1. The molecule has 5 rings (SSSR count). The summed E-state index contributed by atoms with van der Waals surface area (Å²) in [4.78, 5) is 17.2. The molecule has 0 radical (unpaired) electrons. The molecule has 2 aliphatic rings. The van der Waals surface area contributed by atoms with Crippen LogP contribution in [0.25, 0.3) is 10.9 Å². The van der Waals surface area contributed by atoms with Crippen LogP contribution in [0.1, 0.15) is 55.3 Å². The third kappa shape index (κ3) is 4.63. The van der Waals surface area contributed by atoms with Crippen molar-refractivity contribution in [1.82, 2.24) is 14.6 Å². The number of benzene rings is 2. The molecule has 0 aliphatic carbocycles. The van der Waals surface area contributed by atoms with Gasteiger partial charge in [0.05, 0.1) is 17.6 Å². The molecule has 2 saturated heterocycles. The van der Waals surface area contributed by atoms with Crippen molar-refractivity contribution >= 4 is 26.8 Å². The van der Waals surface area contributed by atoms with Crippen LogP contribution in [0.5, 0.6) is 5.75 Å². The third-order valence-corrected chi connectivity index (χ3v) is 9.04. The molecule has 2 aromatic carbocycles. The van der Waals surface area contributed by atoms with Gasteiger partial charge < -0.3 is 14.5 Å². The van der Waals surface area contributed by atoms with Crippen LogP contribution in [0.2, 0.25) is 0 Å². The van der Waals surface area contributed by atoms with Crippen LogP contribution in [-0.4, -0.2) is 50.1 Å². The first-order valence-corrected chi connectivity index (χ1v) is 13.8. The van der Waals surface area contributed by atoms with E-state index in [-0.39, 0.29) is 16.5 Å². The first-order chi connectivity index (χ1) is 17.2. The second-order valence-electron chi connectivity index (χ2n) is 9.95. The number of nitrogens with one attached hydrogen (secondary N) is 2. The number of aromatic nitrogens is 1. The van der Waals surface area contributed by atoms with Crippen LogP contribution in [0.4, 0.5) is 0 Å². The monoisotopic (exact) mass is 511 g/mol. The number of aromatic amines is 1. The number of carbonyl (C=O) groups is 1. The minimum absolute atomic E-state index is 0.0503. The molecule has 1 spiro atoms. The highest BCUT2D eigenvalue weighted by Gasteiger charge is 2.43. The summed E-state index contributed by atoms with van der Waals surface area (Å²) in [7, 11) is -2.17. The third-order valence-electron chi connectivity index (χ3n) is 7.59. The molecule has 1 aromatic heterocycles. The molecule has 2 aliphatic heterocycles. The Bertz CT molecular complexity index is 1370. The van der Waals surface area contributed by atoms with Crippen LogP contribution in [-0.2, 0) is 26.1 Å². The van der Waals surface area contributed by atoms with Crippen LogP contribution in [0.15, 0.2) is 47.5 Å². The fourth-order valence-electron chi connectivity index (χ4n) is 5.82. The molecule has 2 atom stereocenters. The second kappa shape index (κ2) is 9.53. The molecule has 0 bridgehead atoms. The van der Waals surface area contributed by atoms with E-state index in [0.717, 1.165) is 72.2 Å². The van der Waals surface area contributed by atoms with Crippen LogP contribution in [0.3, 0.4) is 0 Å². The van der Waals surface area contributed by atoms with Crippen LogP contribution in [0, 0.1) is 6.92 Å². The second-order valence-corrected chi connectivity index (χ2v) is 11.6. The SMILES string of the molecule is COc1cc(C)c2[nH]ccc2c1CN1CCC2(CCCO2)C[C@H]1c1ccc(S(=O)(=O)NC(C)=O)cc1. The van der Waals surface area contributed by atoms with Gasteiger partial charge in [-0.15, -0.1) is 0 Å². The Morgan fingerprint density at radius 3 is 2.69 bits per heavy atom. The summed E-state index contributed by atoms with van der Waals surface area (Å²) in [6, 6.07) is 11.1. The predicted molar refractivity (Wildman–Crippen MR) is 137 cm³/mol. The number of fused-ring (bicyclic) bond motifs is 1. The standard InChI is InChI=1S/C27H33N3O5S/c1-18-15-25(34-3)23(22-9-12-28-26(18)22)17-30-13-11-27(10-4-14-35-27)16-24(30)20-5-7-21(8-6-20)36(32,33)29-19(2)31/h5-9,12,15,24,28H,4,10-11,13-14,16-17H2,1-3H3,(H,29,31)/t24-,27?/m0/s1. The molecule has 8 nitrogen and oxygen atoms in total. The van der Waals surface area contributed by atoms with Gasteiger partial charge in [0, 0.05) is 55.3 Å². The maximum atomic E-state index is 12.5. The first-order valence-electron chi connectivity index (χ1n) is 12.4. The number of amides is 1. The van der Waals surface area contributed by atoms with Crippen molar-refractivity contribution in [2.75, 3.05) is 20.3 Å². The zero-order chi connectivity index (χ0) is 25.5. The summed E-state index contributed by atoms with van der Waals surface area (Å²) >= 11 is 0. The molecule has 2 N–H and O–H groups in total. The zero-order valence-corrected chi connectivity index (χ0v) is 21.8. The average Bonchev–Trinajstić information content (AvgIpc) is 3.52. The van der Waals surface area contributed by atoms with E-state index in [4.69, 9.17) is 9.47 Å². The van der Waals surface area contributed by atoms with E-state index in [2.05, 4.69) is 28.9 Å². The van der Waals surface area contributed by atoms with Gasteiger partial charge in [-0.25, -0.2) is 13.1 Å². The van der Waals surface area contributed by atoms with Gasteiger partial charge in [-0.3, -0.25) is 9.69 Å². The highest BCUT2D eigenvalue weighted by molar-refractivity contribution is 7.90. The lowest BCUT2D eigenvalue weighted by Gasteiger charge is -2.45. The van der Waals surface area contributed by atoms with Gasteiger partial charge in [0.2, 0.25) is 5.91 Å². The van der Waals surface area contributed by atoms with Crippen molar-refractivity contribution in [2.45, 2.75) is 62.6 Å². The minimum Gasteiger partial charge on any atom is -0.496 e. The topological polar surface area (TPSA) is 101 Å². The normalized spacial score (nSPS) is 22.8. The molecular weight excluding hydrogens is 478 g/mol. The number of methoxy groups -OCH3 is 1. The molecule has 192 valence electrons. The van der Waals surface area contributed by atoms with E-state index in [1.807, 2.05) is 23.1 Å². The summed E-state index contributed by atoms with van der Waals surface area (Å²) in [5.74, 6) is 0.258. The quantitative estimate of drug-likeness (QED) is 0.515. The highest BCUT2D eigenvalue weighted by atomic mass is 32.2. The van der Waals surface area contributed by atoms with E-state index < -0.39 is 15.9 Å². The van der Waals surface area contributed by atoms with Gasteiger partial charge in [0.1, 0.15) is 5.75 Å². The van der Waals surface area contributed by atoms with Gasteiger partial charge in [-0.05, 0) is 68.0 Å². The lowest BCUT2D eigenvalue weighted by atomic mass is 9.81. The van der Waals surface area contributed by atoms with Gasteiger partial charge >= 0.3 is 0 Å². The summed E-state index contributed by atoms with van der Waals surface area (Å²) in [6.07, 6.45) is 5.88. The Morgan fingerprint density at radius 2 is 2.03 bits per heavy atom. The number of ether oxygens (including phenoxy) is 2. The molecule has 3 aromatic rings. The molecule has 1 amide bonds. The van der Waals surface area contributed by atoms with E-state index in [1.165, 1.54) is 6.92 Å². The van der Waals surface area contributed by atoms with Crippen molar-refractivity contribution in [2.24, 2.45) is 0 Å². The fraction of sp³-hybridized carbons (Fsp3) is 0.444. The Morgan fingerprint density at radius 1 is 1.25 bits per heavy atom. The van der Waals surface area contributed by atoms with E-state index in [9.17, 15) is 13.2 Å². The Hall–Kier alpha value is -2.88. The van der Waals surface area contributed by atoms with Crippen LogP contribution < -0.4 is 9.46 Å². The number of carbonyl (C=O) groups excluding carboxylic acids is 1. The van der Waals surface area contributed by atoms with E-state index >= 15 is 0 Å². The molecular formula is C27H33N3O5S. The predicted octanol–water partition coefficient (Wildman–Crippen LogP) is 4.20. The van der Waals surface area contributed by atoms with E-state index in [1.54, 1.807) is 19.2 Å². The number of piperidine rings is 1. The minimum atomic E-state index is -3.88. The molecule has 2 fully saturated rings. The fourth-order valence-corrected chi connectivity index (χ4v) is 6.81. The maximum Gasteiger partial charge on any atom is 0.264 e. The van der Waals surface area contributed by atoms with Crippen molar-refractivity contribution in [3.63, 3.8) is 0 Å². The summed E-state index contributed by atoms with van der Waals surface area (Å²) in [5.41, 5.74) is 4.28. The number of rotatable bonds is 6. The Kier molecular flexibility index (Phi) is 6.57. The lowest BCUT2D eigenvalue weighted by molar-refractivity contribution is -0.117. The molecule has 1 unspecified atom stereocenters. The Balaban J connectivity index is 1.50. The van der Waals surface area contributed by atoms with Crippen molar-refractivity contribution < 1.29 is 22.7 Å². The van der Waals surface area contributed by atoms with Crippen molar-refractivity contribution in [1.29, 1.82) is 0 Å². The number of nitrogens with zero attached hydrogens (tertiary/aromatic N) is 1. The smallest absolute Gasteiger partial charge is 0.264 e. The molecule has 9 heteroatoms. The van der Waals surface area contributed by atoms with Gasteiger partial charge in [-0.2, -0.15) is 0 Å². The molecule has 0 saturated carbocycles. The van der Waals surface area contributed by atoms with Crippen molar-refractivity contribution in [3.8, 4) is 5.75 Å². The number of sulfonamides is 1. The number of likely N-dealkylation sites (tertiary alicyclic amines) is 1. The number of hydrogen-bond donors (Lipinski definition) is 2. The van der Waals surface area contributed by atoms with Crippen molar-refractivity contribution in [3.05, 3.63) is 59.3 Å². The molecule has 36 heavy (non-hydrogen) atoms. The average molecular weight is 512 g/mol. The summed E-state index contributed by atoms with van der Waals surface area (Å²) in [6.45, 7) is 5.61. The van der Waals surface area contributed by atoms with Gasteiger partial charge in [0.15, 0.2) is 0 Å². The molecule has 3 heterocycles. The van der Waals surface area contributed by atoms with Crippen LogP contribution >= 0.6 is 0 Å².